The number of aliphatic imine (C=N–C) groups is 1. The quantitative estimate of drug-likeness (QED) is 0.647. The molecule has 0 unspecified atom stereocenters. The lowest BCUT2D eigenvalue weighted by Gasteiger charge is -2.26. The van der Waals surface area contributed by atoms with E-state index in [1.807, 2.05) is 13.0 Å². The lowest BCUT2D eigenvalue weighted by Crippen LogP contribution is -2.35. The van der Waals surface area contributed by atoms with Crippen LogP contribution in [0.1, 0.15) is 30.4 Å². The molecular formula is C19H20Cl2N2O2S. The van der Waals surface area contributed by atoms with E-state index in [-0.39, 0.29) is 4.90 Å². The highest BCUT2D eigenvalue weighted by molar-refractivity contribution is 7.89. The Morgan fingerprint density at radius 1 is 1.00 bits per heavy atom. The van der Waals surface area contributed by atoms with Crippen molar-refractivity contribution in [3.05, 3.63) is 57.6 Å². The molecule has 2 aromatic rings. The van der Waals surface area contributed by atoms with E-state index < -0.39 is 10.0 Å². The highest BCUT2D eigenvalue weighted by Crippen LogP contribution is 2.30. The maximum Gasteiger partial charge on any atom is 0.245 e. The molecule has 1 saturated heterocycles. The van der Waals surface area contributed by atoms with Crippen molar-refractivity contribution in [2.24, 2.45) is 4.99 Å². The minimum atomic E-state index is -3.56. The summed E-state index contributed by atoms with van der Waals surface area (Å²) in [7, 11) is -3.56. The second kappa shape index (κ2) is 8.09. The van der Waals surface area contributed by atoms with Crippen molar-refractivity contribution in [3.63, 3.8) is 0 Å². The van der Waals surface area contributed by atoms with Crippen LogP contribution in [0.4, 0.5) is 5.69 Å². The molecule has 7 heteroatoms. The summed E-state index contributed by atoms with van der Waals surface area (Å²) in [5.41, 5.74) is 2.06. The first-order chi connectivity index (χ1) is 12.4. The first-order valence-electron chi connectivity index (χ1n) is 8.48. The van der Waals surface area contributed by atoms with E-state index in [0.29, 0.717) is 28.8 Å². The second-order valence-corrected chi connectivity index (χ2v) is 9.09. The van der Waals surface area contributed by atoms with Crippen LogP contribution in [0.3, 0.4) is 0 Å². The summed E-state index contributed by atoms with van der Waals surface area (Å²) in [5, 5.41) is 0.896. The van der Waals surface area contributed by atoms with Gasteiger partial charge in [0.25, 0.3) is 0 Å². The van der Waals surface area contributed by atoms with E-state index >= 15 is 0 Å². The van der Waals surface area contributed by atoms with Gasteiger partial charge in [0, 0.05) is 19.3 Å². The van der Waals surface area contributed by atoms with Crippen LogP contribution in [0.2, 0.25) is 10.0 Å². The van der Waals surface area contributed by atoms with E-state index in [2.05, 4.69) is 4.99 Å². The molecule has 0 N–H and O–H groups in total. The third-order valence-corrected chi connectivity index (χ3v) is 7.01. The summed E-state index contributed by atoms with van der Waals surface area (Å²) in [4.78, 5) is 4.66. The molecule has 0 saturated carbocycles. The van der Waals surface area contributed by atoms with Crippen molar-refractivity contribution in [1.82, 2.24) is 4.31 Å². The van der Waals surface area contributed by atoms with Crippen LogP contribution in [0, 0.1) is 6.92 Å². The first kappa shape index (κ1) is 19.4. The molecule has 2 aromatic carbocycles. The van der Waals surface area contributed by atoms with Gasteiger partial charge in [0.2, 0.25) is 10.0 Å². The predicted molar refractivity (Wildman–Crippen MR) is 108 cm³/mol. The molecule has 1 aliphatic heterocycles. The van der Waals surface area contributed by atoms with E-state index in [4.69, 9.17) is 23.2 Å². The van der Waals surface area contributed by atoms with Gasteiger partial charge in [-0.15, -0.1) is 0 Å². The fraction of sp³-hybridized carbons (Fsp3) is 0.316. The maximum absolute atomic E-state index is 13.1. The molecule has 0 spiro atoms. The zero-order valence-electron chi connectivity index (χ0n) is 14.5. The third-order valence-electron chi connectivity index (χ3n) is 4.34. The van der Waals surface area contributed by atoms with Gasteiger partial charge in [0.1, 0.15) is 4.90 Å². The first-order valence-corrected chi connectivity index (χ1v) is 10.7. The lowest BCUT2D eigenvalue weighted by atomic mass is 10.2. The van der Waals surface area contributed by atoms with Crippen molar-refractivity contribution in [2.45, 2.75) is 31.1 Å². The van der Waals surface area contributed by atoms with Gasteiger partial charge >= 0.3 is 0 Å². The van der Waals surface area contributed by atoms with Gasteiger partial charge in [0.05, 0.1) is 15.7 Å². The van der Waals surface area contributed by atoms with Gasteiger partial charge in [-0.1, -0.05) is 41.8 Å². The minimum Gasteiger partial charge on any atom is -0.255 e. The molecule has 1 aliphatic rings. The smallest absolute Gasteiger partial charge is 0.245 e. The van der Waals surface area contributed by atoms with E-state index in [9.17, 15) is 8.42 Å². The molecule has 0 amide bonds. The molecule has 0 aliphatic carbocycles. The molecule has 1 fully saturated rings. The number of aryl methyl sites for hydroxylation is 1. The monoisotopic (exact) mass is 410 g/mol. The van der Waals surface area contributed by atoms with Crippen LogP contribution < -0.4 is 0 Å². The molecule has 3 rings (SSSR count). The second-order valence-electron chi connectivity index (χ2n) is 6.37. The molecule has 0 radical (unpaired) electrons. The number of benzene rings is 2. The molecule has 1 heterocycles. The Hall–Kier alpha value is -1.40. The number of hydrogen-bond donors (Lipinski definition) is 0. The standard InChI is InChI=1S/C19H20Cl2N2O2S/c1-14-5-8-18(22-13-15-6-7-16(20)17(21)12-15)19(11-14)26(24,25)23-9-3-2-4-10-23/h5-8,11-13H,2-4,9-10H2,1H3. The summed E-state index contributed by atoms with van der Waals surface area (Å²) in [6.07, 6.45) is 4.46. The molecule has 26 heavy (non-hydrogen) atoms. The average Bonchev–Trinajstić information content (AvgIpc) is 2.64. The van der Waals surface area contributed by atoms with E-state index in [1.165, 1.54) is 0 Å². The third kappa shape index (κ3) is 4.29. The van der Waals surface area contributed by atoms with E-state index in [1.54, 1.807) is 40.9 Å². The SMILES string of the molecule is Cc1ccc(N=Cc2ccc(Cl)c(Cl)c2)c(S(=O)(=O)N2CCCCC2)c1. The van der Waals surface area contributed by atoms with Gasteiger partial charge in [0.15, 0.2) is 0 Å². The fourth-order valence-electron chi connectivity index (χ4n) is 2.92. The summed E-state index contributed by atoms with van der Waals surface area (Å²) in [6, 6.07) is 10.4. The molecule has 0 bridgehead atoms. The summed E-state index contributed by atoms with van der Waals surface area (Å²) in [6.45, 7) is 3.00. The van der Waals surface area contributed by atoms with E-state index in [0.717, 1.165) is 30.4 Å². The van der Waals surface area contributed by atoms with Gasteiger partial charge in [-0.3, -0.25) is 4.99 Å². The zero-order valence-corrected chi connectivity index (χ0v) is 16.8. The number of hydrogen-bond acceptors (Lipinski definition) is 3. The van der Waals surface area contributed by atoms with Crippen molar-refractivity contribution < 1.29 is 8.42 Å². The Bertz CT molecular complexity index is 937. The predicted octanol–water partition coefficient (Wildman–Crippen LogP) is 5.23. The highest BCUT2D eigenvalue weighted by Gasteiger charge is 2.28. The number of halogens is 2. The molecule has 138 valence electrons. The summed E-state index contributed by atoms with van der Waals surface area (Å²) < 4.78 is 27.7. The van der Waals surface area contributed by atoms with Gasteiger partial charge in [-0.25, -0.2) is 8.42 Å². The number of nitrogens with zero attached hydrogens (tertiary/aromatic N) is 2. The van der Waals surface area contributed by atoms with Gasteiger partial charge in [-0.2, -0.15) is 4.31 Å². The van der Waals surface area contributed by atoms with Crippen molar-refractivity contribution in [2.75, 3.05) is 13.1 Å². The van der Waals surface area contributed by atoms with Gasteiger partial charge < -0.3 is 0 Å². The van der Waals surface area contributed by atoms with Crippen LogP contribution in [0.5, 0.6) is 0 Å². The topological polar surface area (TPSA) is 49.7 Å². The van der Waals surface area contributed by atoms with Crippen LogP contribution in [0.15, 0.2) is 46.3 Å². The molecule has 0 atom stereocenters. The number of sulfonamides is 1. The van der Waals surface area contributed by atoms with Crippen LogP contribution in [0.25, 0.3) is 0 Å². The van der Waals surface area contributed by atoms with Crippen LogP contribution in [-0.4, -0.2) is 32.0 Å². The van der Waals surface area contributed by atoms with Gasteiger partial charge in [-0.05, 0) is 55.2 Å². The largest absolute Gasteiger partial charge is 0.255 e. The normalized spacial score (nSPS) is 16.3. The Balaban J connectivity index is 1.97. The summed E-state index contributed by atoms with van der Waals surface area (Å²) >= 11 is 12.0. The lowest BCUT2D eigenvalue weighted by molar-refractivity contribution is 0.347. The number of rotatable bonds is 4. The maximum atomic E-state index is 13.1. The van der Waals surface area contributed by atoms with Crippen molar-refractivity contribution in [3.8, 4) is 0 Å². The Morgan fingerprint density at radius 3 is 2.42 bits per heavy atom. The van der Waals surface area contributed by atoms with Crippen molar-refractivity contribution in [1.29, 1.82) is 0 Å². The Morgan fingerprint density at radius 2 is 1.73 bits per heavy atom. The Labute approximate surface area is 164 Å². The minimum absolute atomic E-state index is 0.246. The van der Waals surface area contributed by atoms with Crippen LogP contribution >= 0.6 is 23.2 Å². The molecular weight excluding hydrogens is 391 g/mol. The van der Waals surface area contributed by atoms with Crippen LogP contribution in [-0.2, 0) is 10.0 Å². The van der Waals surface area contributed by atoms with Crippen molar-refractivity contribution >= 4 is 45.1 Å². The average molecular weight is 411 g/mol. The fourth-order valence-corrected chi connectivity index (χ4v) is 4.96. The zero-order chi connectivity index (χ0) is 18.7. The molecule has 4 nitrogen and oxygen atoms in total. The Kier molecular flexibility index (Phi) is 6.03. The highest BCUT2D eigenvalue weighted by atomic mass is 35.5. The molecule has 0 aromatic heterocycles. The number of piperidine rings is 1. The summed E-state index contributed by atoms with van der Waals surface area (Å²) in [5.74, 6) is 0.